The summed E-state index contributed by atoms with van der Waals surface area (Å²) in [6.45, 7) is 2.03. The molecule has 0 aromatic heterocycles. The molecule has 8 heteroatoms. The van der Waals surface area contributed by atoms with Crippen molar-refractivity contribution in [2.45, 2.75) is 13.3 Å². The van der Waals surface area contributed by atoms with Gasteiger partial charge in [-0.1, -0.05) is 29.8 Å². The molecule has 2 N–H and O–H groups in total. The average molecular weight is 398 g/mol. The number of carbonyl (C=O) groups excluding carboxylic acids is 4. The summed E-state index contributed by atoms with van der Waals surface area (Å²) in [4.78, 5) is 47.9. The predicted molar refractivity (Wildman–Crippen MR) is 106 cm³/mol. The summed E-state index contributed by atoms with van der Waals surface area (Å²) in [5, 5.41) is 5.05. The maximum Gasteiger partial charge on any atom is 0.339 e. The number of nitrogens with one attached hydrogen (secondary N) is 2. The Morgan fingerprint density at radius 3 is 2.10 bits per heavy atom. The fourth-order valence-corrected chi connectivity index (χ4v) is 2.52. The van der Waals surface area contributed by atoms with Gasteiger partial charge in [-0.2, -0.15) is 0 Å². The number of benzene rings is 2. The molecular weight excluding hydrogens is 376 g/mol. The number of hydrogen-bond donors (Lipinski definition) is 2. The second-order valence-electron chi connectivity index (χ2n) is 6.16. The maximum absolute atomic E-state index is 12.2. The van der Waals surface area contributed by atoms with E-state index in [1.165, 1.54) is 32.4 Å². The summed E-state index contributed by atoms with van der Waals surface area (Å²) in [6, 6.07) is 10.6. The molecule has 0 aliphatic rings. The van der Waals surface area contributed by atoms with E-state index in [4.69, 9.17) is 0 Å². The highest BCUT2D eigenvalue weighted by atomic mass is 16.5. The van der Waals surface area contributed by atoms with E-state index >= 15 is 0 Å². The monoisotopic (exact) mass is 398 g/mol. The number of rotatable bonds is 7. The van der Waals surface area contributed by atoms with Crippen molar-refractivity contribution < 1.29 is 28.7 Å². The van der Waals surface area contributed by atoms with Crippen LogP contribution in [0.15, 0.2) is 42.5 Å². The summed E-state index contributed by atoms with van der Waals surface area (Å²) >= 11 is 0. The summed E-state index contributed by atoms with van der Waals surface area (Å²) in [7, 11) is 2.43. The van der Waals surface area contributed by atoms with Crippen LogP contribution in [0, 0.1) is 6.92 Å². The second-order valence-corrected chi connectivity index (χ2v) is 6.16. The van der Waals surface area contributed by atoms with E-state index in [1.807, 2.05) is 19.1 Å². The predicted octanol–water partition coefficient (Wildman–Crippen LogP) is 2.96. The van der Waals surface area contributed by atoms with E-state index in [0.29, 0.717) is 5.56 Å². The second kappa shape index (κ2) is 10.0. The Morgan fingerprint density at radius 2 is 1.48 bits per heavy atom. The fourth-order valence-electron chi connectivity index (χ4n) is 2.52. The molecule has 0 bridgehead atoms. The summed E-state index contributed by atoms with van der Waals surface area (Å²) in [5.74, 6) is -1.40. The molecule has 29 heavy (non-hydrogen) atoms. The molecule has 2 aromatic rings. The van der Waals surface area contributed by atoms with Gasteiger partial charge in [0.25, 0.3) is 0 Å². The van der Waals surface area contributed by atoms with Crippen molar-refractivity contribution >= 4 is 29.4 Å². The lowest BCUT2D eigenvalue weighted by atomic mass is 10.1. The van der Waals surface area contributed by atoms with Crippen LogP contribution in [0.4, 0.5) is 10.5 Å². The molecule has 0 fully saturated rings. The van der Waals surface area contributed by atoms with Crippen LogP contribution >= 0.6 is 0 Å². The number of urea groups is 1. The van der Waals surface area contributed by atoms with Crippen LogP contribution in [0.25, 0.3) is 0 Å². The van der Waals surface area contributed by atoms with Crippen molar-refractivity contribution in [2.24, 2.45) is 0 Å². The van der Waals surface area contributed by atoms with Crippen molar-refractivity contribution in [3.05, 3.63) is 64.7 Å². The molecule has 8 nitrogen and oxygen atoms in total. The number of carbonyl (C=O) groups is 4. The molecule has 0 aliphatic heterocycles. The Labute approximate surface area is 168 Å². The van der Waals surface area contributed by atoms with Crippen LogP contribution in [-0.4, -0.2) is 44.5 Å². The maximum atomic E-state index is 12.2. The van der Waals surface area contributed by atoms with Gasteiger partial charge in [0.15, 0.2) is 5.78 Å². The number of aryl methyl sites for hydroxylation is 1. The standard InChI is InChI=1S/C21H22N2O6/c1-13-4-6-14(7-5-13)18(24)10-11-22-21(27)23-17-12-15(19(25)28-2)8-9-16(17)20(26)29-3/h4-9,12H,10-11H2,1-3H3,(H2,22,23,27). The lowest BCUT2D eigenvalue weighted by Crippen LogP contribution is -2.31. The molecule has 0 unspecified atom stereocenters. The van der Waals surface area contributed by atoms with Crippen LogP contribution in [0.3, 0.4) is 0 Å². The van der Waals surface area contributed by atoms with E-state index in [0.717, 1.165) is 5.56 Å². The van der Waals surface area contributed by atoms with Crippen LogP contribution < -0.4 is 10.6 Å². The van der Waals surface area contributed by atoms with Gasteiger partial charge in [0.2, 0.25) is 0 Å². The van der Waals surface area contributed by atoms with Crippen molar-refractivity contribution in [1.82, 2.24) is 5.32 Å². The average Bonchev–Trinajstić information content (AvgIpc) is 2.72. The molecule has 0 heterocycles. The topological polar surface area (TPSA) is 111 Å². The number of Topliss-reactive ketones (excluding diaryl/α,β-unsaturated/α-hetero) is 1. The number of methoxy groups -OCH3 is 2. The number of anilines is 1. The van der Waals surface area contributed by atoms with Gasteiger partial charge in [-0.3, -0.25) is 4.79 Å². The number of esters is 2. The molecule has 0 atom stereocenters. The van der Waals surface area contributed by atoms with Gasteiger partial charge in [-0.15, -0.1) is 0 Å². The molecule has 2 aromatic carbocycles. The van der Waals surface area contributed by atoms with Crippen LogP contribution in [0.5, 0.6) is 0 Å². The molecule has 0 spiro atoms. The Balaban J connectivity index is 2.01. The molecule has 2 amide bonds. The Kier molecular flexibility index (Phi) is 7.47. The molecular formula is C21H22N2O6. The zero-order chi connectivity index (χ0) is 21.4. The minimum Gasteiger partial charge on any atom is -0.465 e. The van der Waals surface area contributed by atoms with Gasteiger partial charge in [-0.25, -0.2) is 14.4 Å². The highest BCUT2D eigenvalue weighted by molar-refractivity contribution is 6.03. The molecule has 0 aliphatic carbocycles. The molecule has 0 saturated carbocycles. The summed E-state index contributed by atoms with van der Waals surface area (Å²) < 4.78 is 9.33. The number of hydrogen-bond acceptors (Lipinski definition) is 6. The first-order chi connectivity index (χ1) is 13.8. The molecule has 152 valence electrons. The molecule has 0 saturated heterocycles. The third kappa shape index (κ3) is 5.90. The van der Waals surface area contributed by atoms with Gasteiger partial charge < -0.3 is 20.1 Å². The van der Waals surface area contributed by atoms with Gasteiger partial charge in [0.05, 0.1) is 31.0 Å². The highest BCUT2D eigenvalue weighted by Crippen LogP contribution is 2.19. The zero-order valence-corrected chi connectivity index (χ0v) is 16.4. The quantitative estimate of drug-likeness (QED) is 0.548. The van der Waals surface area contributed by atoms with Crippen molar-refractivity contribution in [3.63, 3.8) is 0 Å². The van der Waals surface area contributed by atoms with Crippen molar-refractivity contribution in [3.8, 4) is 0 Å². The Hall–Kier alpha value is -3.68. The normalized spacial score (nSPS) is 10.0. The number of ether oxygens (including phenoxy) is 2. The summed E-state index contributed by atoms with van der Waals surface area (Å²) in [6.07, 6.45) is 0.114. The fraction of sp³-hybridized carbons (Fsp3) is 0.238. The Morgan fingerprint density at radius 1 is 0.862 bits per heavy atom. The third-order valence-corrected chi connectivity index (χ3v) is 4.11. The summed E-state index contributed by atoms with van der Waals surface area (Å²) in [5.41, 5.74) is 1.93. The van der Waals surface area contributed by atoms with Gasteiger partial charge in [-0.05, 0) is 25.1 Å². The van der Waals surface area contributed by atoms with E-state index in [1.54, 1.807) is 12.1 Å². The van der Waals surface area contributed by atoms with Crippen LogP contribution in [0.2, 0.25) is 0 Å². The van der Waals surface area contributed by atoms with E-state index in [-0.39, 0.29) is 35.6 Å². The first kappa shape index (κ1) is 21.6. The SMILES string of the molecule is COC(=O)c1ccc(C(=O)OC)c(NC(=O)NCCC(=O)c2ccc(C)cc2)c1. The molecule has 2 rings (SSSR count). The third-order valence-electron chi connectivity index (χ3n) is 4.11. The van der Waals surface area contributed by atoms with E-state index < -0.39 is 18.0 Å². The van der Waals surface area contributed by atoms with Crippen molar-refractivity contribution in [2.75, 3.05) is 26.1 Å². The minimum atomic E-state index is -0.675. The molecule has 0 radical (unpaired) electrons. The first-order valence-corrected chi connectivity index (χ1v) is 8.81. The first-order valence-electron chi connectivity index (χ1n) is 8.81. The van der Waals surface area contributed by atoms with Crippen LogP contribution in [0.1, 0.15) is 43.1 Å². The minimum absolute atomic E-state index is 0.0750. The van der Waals surface area contributed by atoms with Gasteiger partial charge in [0, 0.05) is 18.5 Å². The van der Waals surface area contributed by atoms with E-state index in [9.17, 15) is 19.2 Å². The smallest absolute Gasteiger partial charge is 0.339 e. The number of amides is 2. The highest BCUT2D eigenvalue weighted by Gasteiger charge is 2.17. The van der Waals surface area contributed by atoms with E-state index in [2.05, 4.69) is 20.1 Å². The largest absolute Gasteiger partial charge is 0.465 e. The lowest BCUT2D eigenvalue weighted by Gasteiger charge is -2.12. The number of ketones is 1. The zero-order valence-electron chi connectivity index (χ0n) is 16.4. The Bertz CT molecular complexity index is 921. The van der Waals surface area contributed by atoms with Gasteiger partial charge in [0.1, 0.15) is 0 Å². The van der Waals surface area contributed by atoms with Crippen molar-refractivity contribution in [1.29, 1.82) is 0 Å². The van der Waals surface area contributed by atoms with Crippen LogP contribution in [-0.2, 0) is 9.47 Å². The lowest BCUT2D eigenvalue weighted by molar-refractivity contribution is 0.0587. The van der Waals surface area contributed by atoms with Gasteiger partial charge >= 0.3 is 18.0 Å².